The molecule has 0 aromatic heterocycles. The predicted molar refractivity (Wildman–Crippen MR) is 66.4 cm³/mol. The van der Waals surface area contributed by atoms with Gasteiger partial charge < -0.3 is 5.11 Å². The van der Waals surface area contributed by atoms with Crippen LogP contribution < -0.4 is 0 Å². The normalized spacial score (nSPS) is 24.4. The van der Waals surface area contributed by atoms with Crippen LogP contribution in [0.5, 0.6) is 0 Å². The van der Waals surface area contributed by atoms with Gasteiger partial charge in [0, 0.05) is 16.9 Å². The molecule has 1 unspecified atom stereocenters. The number of carbonyl (C=O) groups is 1. The molecule has 0 radical (unpaired) electrons. The Bertz CT molecular complexity index is 477. The SMILES string of the molecule is O=C(O)CC1CCc2cccc(Cl)c2C12CC2. The van der Waals surface area contributed by atoms with Gasteiger partial charge in [-0.25, -0.2) is 0 Å². The number of benzene rings is 1. The number of hydrogen-bond acceptors (Lipinski definition) is 1. The first-order valence-corrected chi connectivity index (χ1v) is 6.51. The highest BCUT2D eigenvalue weighted by Gasteiger charge is 2.54. The zero-order chi connectivity index (χ0) is 12.0. The zero-order valence-corrected chi connectivity index (χ0v) is 10.3. The van der Waals surface area contributed by atoms with Crippen molar-refractivity contribution in [3.8, 4) is 0 Å². The van der Waals surface area contributed by atoms with Crippen molar-refractivity contribution in [2.24, 2.45) is 5.92 Å². The summed E-state index contributed by atoms with van der Waals surface area (Å²) < 4.78 is 0. The van der Waals surface area contributed by atoms with E-state index in [1.807, 2.05) is 12.1 Å². The van der Waals surface area contributed by atoms with E-state index in [1.165, 1.54) is 11.1 Å². The summed E-state index contributed by atoms with van der Waals surface area (Å²) in [5.41, 5.74) is 2.67. The third-order valence-corrected chi connectivity index (χ3v) is 4.67. The van der Waals surface area contributed by atoms with E-state index in [4.69, 9.17) is 16.7 Å². The molecule has 0 aliphatic heterocycles. The van der Waals surface area contributed by atoms with Gasteiger partial charge in [-0.2, -0.15) is 0 Å². The lowest BCUT2D eigenvalue weighted by Crippen LogP contribution is -2.29. The molecule has 3 rings (SSSR count). The predicted octanol–water partition coefficient (Wildman–Crippen LogP) is 3.41. The number of carboxylic acids is 1. The van der Waals surface area contributed by atoms with E-state index >= 15 is 0 Å². The van der Waals surface area contributed by atoms with Crippen LogP contribution in [0.15, 0.2) is 18.2 Å². The van der Waals surface area contributed by atoms with Crippen LogP contribution in [0.3, 0.4) is 0 Å². The number of rotatable bonds is 2. The second-order valence-electron chi connectivity index (χ2n) is 5.26. The van der Waals surface area contributed by atoms with Crippen molar-refractivity contribution in [3.63, 3.8) is 0 Å². The molecular formula is C14H15ClO2. The van der Waals surface area contributed by atoms with Gasteiger partial charge in [-0.05, 0) is 48.8 Å². The molecule has 0 bridgehead atoms. The van der Waals surface area contributed by atoms with Crippen LogP contribution in [0.4, 0.5) is 0 Å². The minimum atomic E-state index is -0.684. The van der Waals surface area contributed by atoms with Gasteiger partial charge >= 0.3 is 5.97 Å². The molecule has 1 aromatic carbocycles. The molecule has 2 aliphatic carbocycles. The maximum absolute atomic E-state index is 10.9. The molecule has 1 saturated carbocycles. The van der Waals surface area contributed by atoms with Crippen molar-refractivity contribution in [2.45, 2.75) is 37.5 Å². The van der Waals surface area contributed by atoms with Gasteiger partial charge in [-0.3, -0.25) is 4.79 Å². The summed E-state index contributed by atoms with van der Waals surface area (Å²) in [7, 11) is 0. The first kappa shape index (κ1) is 11.1. The molecule has 90 valence electrons. The second kappa shape index (κ2) is 3.74. The van der Waals surface area contributed by atoms with Gasteiger partial charge in [-0.1, -0.05) is 23.7 Å². The average Bonchev–Trinajstić information content (AvgIpc) is 3.03. The molecule has 1 atom stereocenters. The van der Waals surface area contributed by atoms with E-state index < -0.39 is 5.97 Å². The topological polar surface area (TPSA) is 37.3 Å². The Kier molecular flexibility index (Phi) is 2.44. The number of aliphatic carboxylic acids is 1. The molecule has 1 aromatic rings. The number of hydrogen-bond donors (Lipinski definition) is 1. The Morgan fingerprint density at radius 1 is 1.47 bits per heavy atom. The fraction of sp³-hybridized carbons (Fsp3) is 0.500. The third kappa shape index (κ3) is 1.66. The smallest absolute Gasteiger partial charge is 0.303 e. The van der Waals surface area contributed by atoms with Crippen LogP contribution in [0.25, 0.3) is 0 Å². The van der Waals surface area contributed by atoms with Gasteiger partial charge in [-0.15, -0.1) is 0 Å². The average molecular weight is 251 g/mol. The fourth-order valence-corrected chi connectivity index (χ4v) is 3.83. The first-order valence-electron chi connectivity index (χ1n) is 6.13. The largest absolute Gasteiger partial charge is 0.481 e. The Balaban J connectivity index is 2.03. The third-order valence-electron chi connectivity index (χ3n) is 4.35. The van der Waals surface area contributed by atoms with Crippen molar-refractivity contribution in [2.75, 3.05) is 0 Å². The summed E-state index contributed by atoms with van der Waals surface area (Å²) in [6.45, 7) is 0. The van der Waals surface area contributed by atoms with E-state index in [0.29, 0.717) is 0 Å². The van der Waals surface area contributed by atoms with Crippen LogP contribution in [-0.4, -0.2) is 11.1 Å². The molecule has 3 heteroatoms. The lowest BCUT2D eigenvalue weighted by Gasteiger charge is -2.34. The molecule has 2 aliphatic rings. The summed E-state index contributed by atoms with van der Waals surface area (Å²) in [4.78, 5) is 10.9. The van der Waals surface area contributed by atoms with Gasteiger partial charge in [0.1, 0.15) is 0 Å². The minimum absolute atomic E-state index is 0.0876. The summed E-state index contributed by atoms with van der Waals surface area (Å²) in [6.07, 6.45) is 4.43. The number of carboxylic acid groups (broad SMARTS) is 1. The van der Waals surface area contributed by atoms with Crippen molar-refractivity contribution in [1.29, 1.82) is 0 Å². The Morgan fingerprint density at radius 3 is 2.88 bits per heavy atom. The molecule has 1 fully saturated rings. The van der Waals surface area contributed by atoms with E-state index in [2.05, 4.69) is 6.07 Å². The maximum Gasteiger partial charge on any atom is 0.303 e. The van der Waals surface area contributed by atoms with Crippen molar-refractivity contribution >= 4 is 17.6 Å². The molecule has 17 heavy (non-hydrogen) atoms. The maximum atomic E-state index is 10.9. The monoisotopic (exact) mass is 250 g/mol. The zero-order valence-electron chi connectivity index (χ0n) is 9.58. The Labute approximate surface area is 106 Å². The van der Waals surface area contributed by atoms with E-state index in [-0.39, 0.29) is 17.8 Å². The van der Waals surface area contributed by atoms with E-state index in [0.717, 1.165) is 30.7 Å². The highest BCUT2D eigenvalue weighted by atomic mass is 35.5. The van der Waals surface area contributed by atoms with Crippen LogP contribution in [-0.2, 0) is 16.6 Å². The Hall–Kier alpha value is -1.02. The van der Waals surface area contributed by atoms with Gasteiger partial charge in [0.15, 0.2) is 0 Å². The highest BCUT2D eigenvalue weighted by Crippen LogP contribution is 2.61. The van der Waals surface area contributed by atoms with Crippen LogP contribution in [0.1, 0.15) is 36.8 Å². The van der Waals surface area contributed by atoms with E-state index in [9.17, 15) is 4.79 Å². The molecule has 0 amide bonds. The lowest BCUT2D eigenvalue weighted by atomic mass is 9.71. The fourth-order valence-electron chi connectivity index (χ4n) is 3.45. The molecule has 0 heterocycles. The van der Waals surface area contributed by atoms with Crippen molar-refractivity contribution < 1.29 is 9.90 Å². The quantitative estimate of drug-likeness (QED) is 0.873. The summed E-state index contributed by atoms with van der Waals surface area (Å²) in [6, 6.07) is 6.07. The summed E-state index contributed by atoms with van der Waals surface area (Å²) in [5, 5.41) is 9.84. The highest BCUT2D eigenvalue weighted by molar-refractivity contribution is 6.31. The van der Waals surface area contributed by atoms with Gasteiger partial charge in [0.25, 0.3) is 0 Å². The van der Waals surface area contributed by atoms with Crippen LogP contribution in [0, 0.1) is 5.92 Å². The number of fused-ring (bicyclic) bond motifs is 2. The van der Waals surface area contributed by atoms with E-state index in [1.54, 1.807) is 0 Å². The standard InChI is InChI=1S/C14H15ClO2/c15-11-3-1-2-9-4-5-10(8-12(16)17)14(6-7-14)13(9)11/h1-3,10H,4-8H2,(H,16,17). The molecule has 2 nitrogen and oxygen atoms in total. The number of aryl methyl sites for hydroxylation is 1. The van der Waals surface area contributed by atoms with Crippen LogP contribution >= 0.6 is 11.6 Å². The summed E-state index contributed by atoms with van der Waals surface area (Å²) >= 11 is 6.32. The first-order chi connectivity index (χ1) is 8.13. The van der Waals surface area contributed by atoms with Gasteiger partial charge in [0.2, 0.25) is 0 Å². The molecule has 1 N–H and O–H groups in total. The van der Waals surface area contributed by atoms with Crippen molar-refractivity contribution in [3.05, 3.63) is 34.3 Å². The molecule has 1 spiro atoms. The van der Waals surface area contributed by atoms with Crippen LogP contribution in [0.2, 0.25) is 5.02 Å². The second-order valence-corrected chi connectivity index (χ2v) is 5.67. The Morgan fingerprint density at radius 2 is 2.24 bits per heavy atom. The molecular weight excluding hydrogens is 236 g/mol. The van der Waals surface area contributed by atoms with Crippen molar-refractivity contribution in [1.82, 2.24) is 0 Å². The number of halogens is 1. The lowest BCUT2D eigenvalue weighted by molar-refractivity contribution is -0.138. The minimum Gasteiger partial charge on any atom is -0.481 e. The van der Waals surface area contributed by atoms with Gasteiger partial charge in [0.05, 0.1) is 0 Å². The summed E-state index contributed by atoms with van der Waals surface area (Å²) in [5.74, 6) is -0.413. The molecule has 0 saturated heterocycles.